The fourth-order valence-electron chi connectivity index (χ4n) is 2.25. The summed E-state index contributed by atoms with van der Waals surface area (Å²) >= 11 is 4.72. The van der Waals surface area contributed by atoms with E-state index in [9.17, 15) is 8.78 Å². The third kappa shape index (κ3) is 3.00. The Morgan fingerprint density at radius 1 is 1.14 bits per heavy atom. The molecule has 0 fully saturated rings. The zero-order valence-corrected chi connectivity index (χ0v) is 13.3. The third-order valence-electron chi connectivity index (χ3n) is 3.34. The van der Waals surface area contributed by atoms with E-state index in [0.29, 0.717) is 10.9 Å². The highest BCUT2D eigenvalue weighted by molar-refractivity contribution is 9.10. The molecule has 108 valence electrons. The molecule has 0 saturated heterocycles. The van der Waals surface area contributed by atoms with Gasteiger partial charge in [-0.3, -0.25) is 0 Å². The SMILES string of the molecule is NC(Cc1cccc(F)c1Br)c1cc2ccc(F)cc2s1. The number of hydrogen-bond acceptors (Lipinski definition) is 2. The maximum absolute atomic E-state index is 13.5. The lowest BCUT2D eigenvalue weighted by atomic mass is 10.0. The molecule has 1 unspecified atom stereocenters. The maximum atomic E-state index is 13.5. The molecule has 3 rings (SSSR count). The fraction of sp³-hybridized carbons (Fsp3) is 0.125. The minimum atomic E-state index is -0.293. The summed E-state index contributed by atoms with van der Waals surface area (Å²) in [6.07, 6.45) is 0.521. The van der Waals surface area contributed by atoms with Crippen LogP contribution in [-0.4, -0.2) is 0 Å². The Hall–Kier alpha value is -1.30. The number of nitrogens with two attached hydrogens (primary N) is 1. The number of fused-ring (bicyclic) bond motifs is 1. The Bertz CT molecular complexity index is 800. The van der Waals surface area contributed by atoms with Crippen molar-refractivity contribution in [2.45, 2.75) is 12.5 Å². The van der Waals surface area contributed by atoms with Gasteiger partial charge in [0.25, 0.3) is 0 Å². The van der Waals surface area contributed by atoms with Gasteiger partial charge in [-0.25, -0.2) is 8.78 Å². The molecular weight excluding hydrogens is 356 g/mol. The minimum Gasteiger partial charge on any atom is -0.323 e. The zero-order chi connectivity index (χ0) is 15.0. The van der Waals surface area contributed by atoms with Crippen LogP contribution in [0.5, 0.6) is 0 Å². The fourth-order valence-corrected chi connectivity index (χ4v) is 3.77. The van der Waals surface area contributed by atoms with Gasteiger partial charge < -0.3 is 5.73 Å². The van der Waals surface area contributed by atoms with Crippen molar-refractivity contribution in [2.24, 2.45) is 5.73 Å². The first-order valence-electron chi connectivity index (χ1n) is 6.42. The van der Waals surface area contributed by atoms with Crippen molar-refractivity contribution < 1.29 is 8.78 Å². The van der Waals surface area contributed by atoms with E-state index in [1.54, 1.807) is 12.1 Å². The van der Waals surface area contributed by atoms with Crippen LogP contribution in [0.3, 0.4) is 0 Å². The molecule has 1 atom stereocenters. The molecule has 0 spiro atoms. The first-order chi connectivity index (χ1) is 10.0. The van der Waals surface area contributed by atoms with Crippen molar-refractivity contribution >= 4 is 37.4 Å². The molecule has 1 nitrogen and oxygen atoms in total. The average molecular weight is 368 g/mol. The van der Waals surface area contributed by atoms with E-state index in [-0.39, 0.29) is 17.7 Å². The Labute approximate surface area is 133 Å². The molecule has 3 aromatic rings. The number of halogens is 3. The van der Waals surface area contributed by atoms with Gasteiger partial charge in [-0.1, -0.05) is 18.2 Å². The smallest absolute Gasteiger partial charge is 0.137 e. The van der Waals surface area contributed by atoms with Gasteiger partial charge in [-0.15, -0.1) is 11.3 Å². The van der Waals surface area contributed by atoms with Crippen molar-refractivity contribution in [2.75, 3.05) is 0 Å². The van der Waals surface area contributed by atoms with Crippen LogP contribution in [0.4, 0.5) is 8.78 Å². The van der Waals surface area contributed by atoms with E-state index in [2.05, 4.69) is 15.9 Å². The largest absolute Gasteiger partial charge is 0.323 e. The molecule has 0 aliphatic carbocycles. The van der Waals surface area contributed by atoms with Crippen LogP contribution >= 0.6 is 27.3 Å². The van der Waals surface area contributed by atoms with Crippen molar-refractivity contribution in [1.82, 2.24) is 0 Å². The van der Waals surface area contributed by atoms with Crippen molar-refractivity contribution in [1.29, 1.82) is 0 Å². The van der Waals surface area contributed by atoms with Gasteiger partial charge in [-0.05, 0) is 57.6 Å². The van der Waals surface area contributed by atoms with E-state index in [1.165, 1.54) is 29.5 Å². The highest BCUT2D eigenvalue weighted by Gasteiger charge is 2.14. The number of benzene rings is 2. The highest BCUT2D eigenvalue weighted by atomic mass is 79.9. The molecule has 1 heterocycles. The lowest BCUT2D eigenvalue weighted by Crippen LogP contribution is -2.12. The summed E-state index contributed by atoms with van der Waals surface area (Å²) < 4.78 is 28.1. The average Bonchev–Trinajstić information content (AvgIpc) is 2.87. The predicted molar refractivity (Wildman–Crippen MR) is 86.5 cm³/mol. The molecular formula is C16H12BrF2NS. The summed E-state index contributed by atoms with van der Waals surface area (Å²) in [6.45, 7) is 0. The van der Waals surface area contributed by atoms with Gasteiger partial charge in [0.15, 0.2) is 0 Å². The van der Waals surface area contributed by atoms with Crippen molar-refractivity contribution in [3.05, 3.63) is 69.0 Å². The van der Waals surface area contributed by atoms with Crippen molar-refractivity contribution in [3.8, 4) is 0 Å². The summed E-state index contributed by atoms with van der Waals surface area (Å²) in [5.74, 6) is -0.546. The minimum absolute atomic E-state index is 0.247. The standard InChI is InChI=1S/C16H12BrF2NS/c17-16-10(2-1-3-12(16)19)6-13(20)15-7-9-4-5-11(18)8-14(9)21-15/h1-5,7-8,13H,6,20H2. The quantitative estimate of drug-likeness (QED) is 0.677. The summed E-state index contributed by atoms with van der Waals surface area (Å²) in [5.41, 5.74) is 7.05. The molecule has 0 aliphatic rings. The number of hydrogen-bond donors (Lipinski definition) is 1. The Kier molecular flexibility index (Phi) is 4.06. The second-order valence-corrected chi connectivity index (χ2v) is 6.76. The summed E-state index contributed by atoms with van der Waals surface area (Å²) in [5, 5.41) is 0.977. The van der Waals surface area contributed by atoms with Gasteiger partial charge in [0.1, 0.15) is 11.6 Å². The Balaban J connectivity index is 1.89. The van der Waals surface area contributed by atoms with Crippen LogP contribution in [-0.2, 0) is 6.42 Å². The van der Waals surface area contributed by atoms with E-state index in [0.717, 1.165) is 20.5 Å². The van der Waals surface area contributed by atoms with Crippen LogP contribution in [0, 0.1) is 11.6 Å². The molecule has 0 aliphatic heterocycles. The van der Waals surface area contributed by atoms with Crippen LogP contribution in [0.1, 0.15) is 16.5 Å². The van der Waals surface area contributed by atoms with E-state index < -0.39 is 0 Å². The Morgan fingerprint density at radius 3 is 2.76 bits per heavy atom. The van der Waals surface area contributed by atoms with Crippen LogP contribution in [0.2, 0.25) is 0 Å². The number of rotatable bonds is 3. The van der Waals surface area contributed by atoms with Gasteiger partial charge in [0.05, 0.1) is 4.47 Å². The lowest BCUT2D eigenvalue weighted by Gasteiger charge is -2.11. The maximum Gasteiger partial charge on any atom is 0.137 e. The normalized spacial score (nSPS) is 12.8. The lowest BCUT2D eigenvalue weighted by molar-refractivity contribution is 0.614. The second kappa shape index (κ2) is 5.83. The van der Waals surface area contributed by atoms with Crippen molar-refractivity contribution in [3.63, 3.8) is 0 Å². The summed E-state index contributed by atoms with van der Waals surface area (Å²) in [6, 6.07) is 11.3. The molecule has 1 aromatic heterocycles. The van der Waals surface area contributed by atoms with Crippen LogP contribution < -0.4 is 5.73 Å². The molecule has 0 bridgehead atoms. The topological polar surface area (TPSA) is 26.0 Å². The molecule has 21 heavy (non-hydrogen) atoms. The van der Waals surface area contributed by atoms with Gasteiger partial charge >= 0.3 is 0 Å². The van der Waals surface area contributed by atoms with Crippen LogP contribution in [0.15, 0.2) is 46.9 Å². The van der Waals surface area contributed by atoms with E-state index in [4.69, 9.17) is 5.73 Å². The highest BCUT2D eigenvalue weighted by Crippen LogP contribution is 2.32. The van der Waals surface area contributed by atoms with E-state index >= 15 is 0 Å². The molecule has 5 heteroatoms. The van der Waals surface area contributed by atoms with E-state index in [1.807, 2.05) is 12.1 Å². The monoisotopic (exact) mass is 367 g/mol. The first kappa shape index (κ1) is 14.6. The molecule has 2 N–H and O–H groups in total. The third-order valence-corrected chi connectivity index (χ3v) is 5.46. The zero-order valence-electron chi connectivity index (χ0n) is 10.9. The van der Waals surface area contributed by atoms with Gasteiger partial charge in [0, 0.05) is 15.6 Å². The second-order valence-electron chi connectivity index (χ2n) is 4.85. The molecule has 0 saturated carbocycles. The number of thiophene rings is 1. The molecule has 0 radical (unpaired) electrons. The van der Waals surface area contributed by atoms with Gasteiger partial charge in [-0.2, -0.15) is 0 Å². The predicted octanol–water partition coefficient (Wildman–Crippen LogP) is 5.18. The van der Waals surface area contributed by atoms with Crippen LogP contribution in [0.25, 0.3) is 10.1 Å². The van der Waals surface area contributed by atoms with Gasteiger partial charge in [0.2, 0.25) is 0 Å². The summed E-state index contributed by atoms with van der Waals surface area (Å²) in [4.78, 5) is 0.965. The first-order valence-corrected chi connectivity index (χ1v) is 8.03. The molecule has 2 aromatic carbocycles. The molecule has 0 amide bonds. The summed E-state index contributed by atoms with van der Waals surface area (Å²) in [7, 11) is 0. The Morgan fingerprint density at radius 2 is 1.95 bits per heavy atom.